The van der Waals surface area contributed by atoms with Gasteiger partial charge >= 0.3 is 0 Å². The molecular formula is C7H5BrN6O. The lowest BCUT2D eigenvalue weighted by Gasteiger charge is -2.00. The van der Waals surface area contributed by atoms with Gasteiger partial charge in [0.05, 0.1) is 11.9 Å². The topological polar surface area (TPSA) is 96.5 Å². The first-order valence-electron chi connectivity index (χ1n) is 3.92. The molecule has 76 valence electrons. The van der Waals surface area contributed by atoms with Gasteiger partial charge in [0, 0.05) is 0 Å². The molecule has 2 heterocycles. The number of hydrogen-bond donors (Lipinski definition) is 2. The van der Waals surface area contributed by atoms with Crippen molar-refractivity contribution in [3.8, 4) is 0 Å². The van der Waals surface area contributed by atoms with Crippen LogP contribution in [0.2, 0.25) is 0 Å². The molecule has 0 bridgehead atoms. The quantitative estimate of drug-likeness (QED) is 0.778. The van der Waals surface area contributed by atoms with Crippen LogP contribution in [-0.4, -0.2) is 31.5 Å². The molecule has 0 spiro atoms. The molecule has 0 fully saturated rings. The first-order chi connectivity index (χ1) is 7.25. The fourth-order valence-electron chi connectivity index (χ4n) is 0.895. The van der Waals surface area contributed by atoms with E-state index >= 15 is 0 Å². The van der Waals surface area contributed by atoms with Crippen molar-refractivity contribution in [2.45, 2.75) is 0 Å². The minimum atomic E-state index is -0.437. The second-order valence-electron chi connectivity index (χ2n) is 2.56. The third-order valence-corrected chi connectivity index (χ3v) is 2.00. The van der Waals surface area contributed by atoms with E-state index in [1.54, 1.807) is 12.1 Å². The number of carbonyl (C=O) groups excluding carboxylic acids is 1. The van der Waals surface area contributed by atoms with E-state index in [0.29, 0.717) is 10.3 Å². The Morgan fingerprint density at radius 1 is 1.47 bits per heavy atom. The maximum Gasteiger partial charge on any atom is 0.297 e. The molecule has 8 heteroatoms. The Labute approximate surface area is 92.4 Å². The number of aromatic nitrogens is 5. The smallest absolute Gasteiger partial charge is 0.297 e. The number of carbonyl (C=O) groups is 1. The van der Waals surface area contributed by atoms with Gasteiger partial charge in [0.15, 0.2) is 0 Å². The zero-order chi connectivity index (χ0) is 10.7. The lowest BCUT2D eigenvalue weighted by Crippen LogP contribution is -2.13. The van der Waals surface area contributed by atoms with Gasteiger partial charge in [-0.1, -0.05) is 0 Å². The number of pyridine rings is 1. The molecule has 0 aliphatic carbocycles. The highest BCUT2D eigenvalue weighted by Gasteiger charge is 2.10. The van der Waals surface area contributed by atoms with Crippen molar-refractivity contribution in [1.82, 2.24) is 25.6 Å². The van der Waals surface area contributed by atoms with Crippen molar-refractivity contribution in [1.29, 1.82) is 0 Å². The predicted octanol–water partition coefficient (Wildman–Crippen LogP) is 0.609. The van der Waals surface area contributed by atoms with Gasteiger partial charge in [0.2, 0.25) is 0 Å². The number of H-pyrrole nitrogens is 1. The van der Waals surface area contributed by atoms with Gasteiger partial charge in [0.25, 0.3) is 11.7 Å². The highest BCUT2D eigenvalue weighted by Crippen LogP contribution is 2.10. The van der Waals surface area contributed by atoms with E-state index in [1.165, 1.54) is 6.20 Å². The van der Waals surface area contributed by atoms with Crippen molar-refractivity contribution in [2.75, 3.05) is 5.32 Å². The van der Waals surface area contributed by atoms with Crippen LogP contribution in [-0.2, 0) is 0 Å². The average molecular weight is 269 g/mol. The Kier molecular flexibility index (Phi) is 2.68. The molecule has 0 aromatic carbocycles. The van der Waals surface area contributed by atoms with E-state index in [4.69, 9.17) is 0 Å². The SMILES string of the molecule is O=C(Nc1ccc(Br)nc1)c1nn[nH]n1. The van der Waals surface area contributed by atoms with E-state index in [0.717, 1.165) is 0 Å². The molecule has 0 radical (unpaired) electrons. The van der Waals surface area contributed by atoms with Crippen molar-refractivity contribution >= 4 is 27.5 Å². The van der Waals surface area contributed by atoms with Crippen LogP contribution in [0.5, 0.6) is 0 Å². The number of nitrogens with zero attached hydrogens (tertiary/aromatic N) is 4. The largest absolute Gasteiger partial charge is 0.318 e. The van der Waals surface area contributed by atoms with E-state index in [-0.39, 0.29) is 5.82 Å². The number of aromatic amines is 1. The van der Waals surface area contributed by atoms with Crippen molar-refractivity contribution < 1.29 is 4.79 Å². The molecule has 2 rings (SSSR count). The zero-order valence-corrected chi connectivity index (χ0v) is 8.89. The molecule has 15 heavy (non-hydrogen) atoms. The number of anilines is 1. The Bertz CT molecular complexity index is 453. The van der Waals surface area contributed by atoms with E-state index < -0.39 is 5.91 Å². The molecule has 0 aliphatic heterocycles. The van der Waals surface area contributed by atoms with Crippen molar-refractivity contribution in [3.63, 3.8) is 0 Å². The predicted molar refractivity (Wildman–Crippen MR) is 54.1 cm³/mol. The third-order valence-electron chi connectivity index (χ3n) is 1.53. The molecule has 0 saturated carbocycles. The summed E-state index contributed by atoms with van der Waals surface area (Å²) in [6, 6.07) is 3.42. The third kappa shape index (κ3) is 2.34. The lowest BCUT2D eigenvalue weighted by molar-refractivity contribution is 0.101. The maximum absolute atomic E-state index is 11.4. The number of amides is 1. The summed E-state index contributed by atoms with van der Waals surface area (Å²) >= 11 is 3.19. The minimum Gasteiger partial charge on any atom is -0.318 e. The van der Waals surface area contributed by atoms with Crippen LogP contribution in [0.25, 0.3) is 0 Å². The maximum atomic E-state index is 11.4. The fourth-order valence-corrected chi connectivity index (χ4v) is 1.13. The zero-order valence-electron chi connectivity index (χ0n) is 7.31. The van der Waals surface area contributed by atoms with Gasteiger partial charge in [-0.05, 0) is 33.3 Å². The van der Waals surface area contributed by atoms with Crippen molar-refractivity contribution in [3.05, 3.63) is 28.8 Å². The Hall–Kier alpha value is -1.83. The normalized spacial score (nSPS) is 9.93. The van der Waals surface area contributed by atoms with Gasteiger partial charge < -0.3 is 5.32 Å². The van der Waals surface area contributed by atoms with Gasteiger partial charge in [-0.3, -0.25) is 4.79 Å². The number of rotatable bonds is 2. The van der Waals surface area contributed by atoms with Crippen LogP contribution >= 0.6 is 15.9 Å². The number of hydrogen-bond acceptors (Lipinski definition) is 5. The van der Waals surface area contributed by atoms with Crippen LogP contribution in [0.4, 0.5) is 5.69 Å². The second-order valence-corrected chi connectivity index (χ2v) is 3.37. The molecule has 2 N–H and O–H groups in total. The Balaban J connectivity index is 2.09. The monoisotopic (exact) mass is 268 g/mol. The summed E-state index contributed by atoms with van der Waals surface area (Å²) < 4.78 is 0.695. The summed E-state index contributed by atoms with van der Waals surface area (Å²) in [6.07, 6.45) is 1.52. The van der Waals surface area contributed by atoms with E-state index in [1.807, 2.05) is 0 Å². The van der Waals surface area contributed by atoms with E-state index in [9.17, 15) is 4.79 Å². The van der Waals surface area contributed by atoms with Gasteiger partial charge in [-0.15, -0.1) is 10.2 Å². The lowest BCUT2D eigenvalue weighted by atomic mass is 10.4. The first-order valence-corrected chi connectivity index (χ1v) is 4.71. The molecule has 2 aromatic rings. The molecule has 0 atom stereocenters. The van der Waals surface area contributed by atoms with Gasteiger partial charge in [-0.25, -0.2) is 4.98 Å². The minimum absolute atomic E-state index is 0.0158. The second kappa shape index (κ2) is 4.13. The van der Waals surface area contributed by atoms with Crippen LogP contribution in [0.15, 0.2) is 22.9 Å². The molecule has 2 aromatic heterocycles. The molecule has 0 aliphatic rings. The number of halogens is 1. The van der Waals surface area contributed by atoms with Crippen LogP contribution in [0.1, 0.15) is 10.6 Å². The molecule has 0 saturated heterocycles. The summed E-state index contributed by atoms with van der Waals surface area (Å²) in [7, 11) is 0. The highest BCUT2D eigenvalue weighted by atomic mass is 79.9. The van der Waals surface area contributed by atoms with Gasteiger partial charge in [-0.2, -0.15) is 5.21 Å². The van der Waals surface area contributed by atoms with Crippen molar-refractivity contribution in [2.24, 2.45) is 0 Å². The summed E-state index contributed by atoms with van der Waals surface area (Å²) in [5.41, 5.74) is 0.563. The molecular weight excluding hydrogens is 264 g/mol. The first kappa shape index (κ1) is 9.71. The number of nitrogens with one attached hydrogen (secondary N) is 2. The Morgan fingerprint density at radius 3 is 2.93 bits per heavy atom. The van der Waals surface area contributed by atoms with Crippen LogP contribution in [0.3, 0.4) is 0 Å². The molecule has 1 amide bonds. The summed E-state index contributed by atoms with van der Waals surface area (Å²) in [4.78, 5) is 15.4. The van der Waals surface area contributed by atoms with Gasteiger partial charge in [0.1, 0.15) is 4.60 Å². The summed E-state index contributed by atoms with van der Waals surface area (Å²) in [5, 5.41) is 15.1. The van der Waals surface area contributed by atoms with Crippen LogP contribution in [0, 0.1) is 0 Å². The standard InChI is InChI=1S/C7H5BrN6O/c8-5-2-1-4(3-9-5)10-7(15)6-11-13-14-12-6/h1-3H,(H,10,15)(H,11,12,13,14). The average Bonchev–Trinajstić information content (AvgIpc) is 2.74. The Morgan fingerprint density at radius 2 is 2.33 bits per heavy atom. The highest BCUT2D eigenvalue weighted by molar-refractivity contribution is 9.10. The van der Waals surface area contributed by atoms with Crippen LogP contribution < -0.4 is 5.32 Å². The summed E-state index contributed by atoms with van der Waals surface area (Å²) in [5.74, 6) is -0.453. The molecule has 0 unspecified atom stereocenters. The number of tetrazole rings is 1. The van der Waals surface area contributed by atoms with E-state index in [2.05, 4.69) is 46.9 Å². The summed E-state index contributed by atoms with van der Waals surface area (Å²) in [6.45, 7) is 0. The molecule has 7 nitrogen and oxygen atoms in total. The fraction of sp³-hybridized carbons (Fsp3) is 0.